The van der Waals surface area contributed by atoms with Crippen LogP contribution in [0, 0.1) is 5.92 Å². The average molecular weight is 533 g/mol. The summed E-state index contributed by atoms with van der Waals surface area (Å²) in [5.41, 5.74) is 2.64. The standard InChI is InChI=1S/C25H32N4O3S3/c1-6-17-11-16(12-33-17)22-27-28-25(29(22)14(3)4)34-13-20(30)26-23-21(24(31)32-7-2)18-9-8-15(5)10-19(18)35-23/h11-12,14-15H,6-10,13H2,1-5H3,(H,26,30). The van der Waals surface area contributed by atoms with Gasteiger partial charge in [-0.2, -0.15) is 0 Å². The summed E-state index contributed by atoms with van der Waals surface area (Å²) in [6.07, 6.45) is 3.80. The maximum atomic E-state index is 13.0. The van der Waals surface area contributed by atoms with Crippen molar-refractivity contribution in [2.45, 2.75) is 71.5 Å². The molecule has 188 valence electrons. The molecular formula is C25H32N4O3S3. The molecule has 0 spiro atoms. The summed E-state index contributed by atoms with van der Waals surface area (Å²) in [5.74, 6) is 1.05. The van der Waals surface area contributed by atoms with E-state index >= 15 is 0 Å². The number of ether oxygens (including phenoxy) is 1. The lowest BCUT2D eigenvalue weighted by Crippen LogP contribution is -2.18. The van der Waals surface area contributed by atoms with Gasteiger partial charge >= 0.3 is 5.97 Å². The lowest BCUT2D eigenvalue weighted by Gasteiger charge is -2.18. The summed E-state index contributed by atoms with van der Waals surface area (Å²) in [7, 11) is 0. The molecule has 35 heavy (non-hydrogen) atoms. The van der Waals surface area contributed by atoms with Crippen LogP contribution in [-0.2, 0) is 28.8 Å². The molecule has 3 heterocycles. The number of carbonyl (C=O) groups excluding carboxylic acids is 2. The normalized spacial score (nSPS) is 15.3. The molecule has 0 saturated carbocycles. The van der Waals surface area contributed by atoms with Crippen LogP contribution >= 0.6 is 34.4 Å². The van der Waals surface area contributed by atoms with Crippen molar-refractivity contribution in [1.82, 2.24) is 14.8 Å². The molecule has 0 saturated heterocycles. The lowest BCUT2D eigenvalue weighted by atomic mass is 9.88. The van der Waals surface area contributed by atoms with E-state index in [4.69, 9.17) is 4.74 Å². The molecule has 1 N–H and O–H groups in total. The summed E-state index contributed by atoms with van der Waals surface area (Å²) in [4.78, 5) is 28.2. The Morgan fingerprint density at radius 2 is 2.11 bits per heavy atom. The third-order valence-electron chi connectivity index (χ3n) is 6.02. The fourth-order valence-corrected chi connectivity index (χ4v) is 7.37. The second-order valence-electron chi connectivity index (χ2n) is 9.04. The topological polar surface area (TPSA) is 86.1 Å². The Balaban J connectivity index is 1.51. The van der Waals surface area contributed by atoms with Crippen LogP contribution in [0.3, 0.4) is 0 Å². The largest absolute Gasteiger partial charge is 0.462 e. The third-order valence-corrected chi connectivity index (χ3v) is 9.21. The number of aryl methyl sites for hydroxylation is 1. The molecule has 1 aliphatic carbocycles. The van der Waals surface area contributed by atoms with Crippen LogP contribution in [0.2, 0.25) is 0 Å². The number of hydrogen-bond donors (Lipinski definition) is 1. The molecule has 0 radical (unpaired) electrons. The number of thiophene rings is 2. The number of nitrogens with one attached hydrogen (secondary N) is 1. The van der Waals surface area contributed by atoms with Crippen LogP contribution in [0.1, 0.15) is 72.8 Å². The van der Waals surface area contributed by atoms with Crippen molar-refractivity contribution in [1.29, 1.82) is 0 Å². The van der Waals surface area contributed by atoms with E-state index in [9.17, 15) is 9.59 Å². The maximum absolute atomic E-state index is 13.0. The van der Waals surface area contributed by atoms with Gasteiger partial charge < -0.3 is 10.1 Å². The second-order valence-corrected chi connectivity index (χ2v) is 12.1. The van der Waals surface area contributed by atoms with Crippen LogP contribution in [-0.4, -0.2) is 39.0 Å². The molecule has 0 fully saturated rings. The number of aromatic nitrogens is 3. The summed E-state index contributed by atoms with van der Waals surface area (Å²) in [5, 5.41) is 15.2. The fourth-order valence-electron chi connectivity index (χ4n) is 4.27. The Hall–Kier alpha value is -2.17. The SMILES string of the molecule is CCOC(=O)c1c(NC(=O)CSc2nnc(-c3csc(CC)c3)n2C(C)C)sc2c1CCC(C)C2. The molecular weight excluding hydrogens is 501 g/mol. The highest BCUT2D eigenvalue weighted by molar-refractivity contribution is 7.99. The molecule has 1 atom stereocenters. The highest BCUT2D eigenvalue weighted by atomic mass is 32.2. The molecule has 1 unspecified atom stereocenters. The van der Waals surface area contributed by atoms with E-state index in [1.54, 1.807) is 18.3 Å². The Kier molecular flexibility index (Phi) is 8.34. The molecule has 3 aromatic rings. The first-order valence-corrected chi connectivity index (χ1v) is 14.8. The number of esters is 1. The van der Waals surface area contributed by atoms with E-state index in [1.165, 1.54) is 32.9 Å². The first-order chi connectivity index (χ1) is 16.8. The first-order valence-electron chi connectivity index (χ1n) is 12.1. The van der Waals surface area contributed by atoms with Crippen molar-refractivity contribution in [3.8, 4) is 11.4 Å². The van der Waals surface area contributed by atoms with Gasteiger partial charge in [-0.25, -0.2) is 4.79 Å². The van der Waals surface area contributed by atoms with Crippen LogP contribution in [0.5, 0.6) is 0 Å². The Bertz CT molecular complexity index is 1210. The van der Waals surface area contributed by atoms with E-state index < -0.39 is 0 Å². The number of anilines is 1. The Morgan fingerprint density at radius 3 is 2.80 bits per heavy atom. The van der Waals surface area contributed by atoms with Crippen molar-refractivity contribution in [2.24, 2.45) is 5.92 Å². The van der Waals surface area contributed by atoms with Crippen LogP contribution in [0.4, 0.5) is 5.00 Å². The number of carbonyl (C=O) groups is 2. The van der Waals surface area contributed by atoms with Crippen molar-refractivity contribution >= 4 is 51.3 Å². The van der Waals surface area contributed by atoms with E-state index in [0.717, 1.165) is 42.6 Å². The van der Waals surface area contributed by atoms with Gasteiger partial charge in [-0.05, 0) is 64.0 Å². The first kappa shape index (κ1) is 25.9. The van der Waals surface area contributed by atoms with Crippen molar-refractivity contribution in [3.63, 3.8) is 0 Å². The van der Waals surface area contributed by atoms with Gasteiger partial charge in [0.05, 0.1) is 17.9 Å². The number of amides is 1. The molecule has 4 rings (SSSR count). The quantitative estimate of drug-likeness (QED) is 0.259. The second kappa shape index (κ2) is 11.3. The minimum atomic E-state index is -0.353. The number of fused-ring (bicyclic) bond motifs is 1. The van der Waals surface area contributed by atoms with E-state index in [1.807, 2.05) is 0 Å². The third kappa shape index (κ3) is 5.65. The molecule has 10 heteroatoms. The summed E-state index contributed by atoms with van der Waals surface area (Å²) >= 11 is 4.59. The zero-order chi connectivity index (χ0) is 25.1. The predicted octanol–water partition coefficient (Wildman–Crippen LogP) is 6.24. The van der Waals surface area contributed by atoms with Crippen LogP contribution in [0.25, 0.3) is 11.4 Å². The highest BCUT2D eigenvalue weighted by Crippen LogP contribution is 2.40. The number of nitrogens with zero attached hydrogens (tertiary/aromatic N) is 3. The fraction of sp³-hybridized carbons (Fsp3) is 0.520. The van der Waals surface area contributed by atoms with E-state index in [0.29, 0.717) is 28.2 Å². The summed E-state index contributed by atoms with van der Waals surface area (Å²) in [6.45, 7) is 10.6. The molecule has 0 bridgehead atoms. The Morgan fingerprint density at radius 1 is 1.31 bits per heavy atom. The molecule has 1 aliphatic rings. The molecule has 0 aromatic carbocycles. The molecule has 3 aromatic heterocycles. The monoisotopic (exact) mass is 532 g/mol. The average Bonchev–Trinajstić information content (AvgIpc) is 3.53. The minimum absolute atomic E-state index is 0.150. The van der Waals surface area contributed by atoms with Crippen molar-refractivity contribution in [3.05, 3.63) is 32.3 Å². The Labute approximate surface area is 218 Å². The zero-order valence-corrected chi connectivity index (χ0v) is 23.3. The lowest BCUT2D eigenvalue weighted by molar-refractivity contribution is -0.113. The molecule has 7 nitrogen and oxygen atoms in total. The van der Waals surface area contributed by atoms with Crippen LogP contribution < -0.4 is 5.32 Å². The minimum Gasteiger partial charge on any atom is -0.462 e. The van der Waals surface area contributed by atoms with E-state index in [-0.39, 0.29) is 23.7 Å². The van der Waals surface area contributed by atoms with Gasteiger partial charge in [-0.3, -0.25) is 9.36 Å². The van der Waals surface area contributed by atoms with Gasteiger partial charge in [0.25, 0.3) is 0 Å². The zero-order valence-electron chi connectivity index (χ0n) is 20.8. The summed E-state index contributed by atoms with van der Waals surface area (Å²) in [6, 6.07) is 2.31. The predicted molar refractivity (Wildman–Crippen MR) is 144 cm³/mol. The van der Waals surface area contributed by atoms with Gasteiger partial charge in [-0.1, -0.05) is 25.6 Å². The van der Waals surface area contributed by atoms with Gasteiger partial charge in [0.1, 0.15) is 5.00 Å². The number of thioether (sulfide) groups is 1. The van der Waals surface area contributed by atoms with Gasteiger partial charge in [0, 0.05) is 26.7 Å². The summed E-state index contributed by atoms with van der Waals surface area (Å²) < 4.78 is 7.40. The van der Waals surface area contributed by atoms with Gasteiger partial charge in [0.2, 0.25) is 5.91 Å². The van der Waals surface area contributed by atoms with Gasteiger partial charge in [0.15, 0.2) is 11.0 Å². The van der Waals surface area contributed by atoms with E-state index in [2.05, 4.69) is 59.2 Å². The molecule has 0 aliphatic heterocycles. The number of hydrogen-bond acceptors (Lipinski definition) is 8. The smallest absolute Gasteiger partial charge is 0.341 e. The maximum Gasteiger partial charge on any atom is 0.341 e. The van der Waals surface area contributed by atoms with Crippen LogP contribution in [0.15, 0.2) is 16.6 Å². The highest BCUT2D eigenvalue weighted by Gasteiger charge is 2.29. The molecule has 1 amide bonds. The van der Waals surface area contributed by atoms with Crippen molar-refractivity contribution in [2.75, 3.05) is 17.7 Å². The number of rotatable bonds is 9. The van der Waals surface area contributed by atoms with Gasteiger partial charge in [-0.15, -0.1) is 32.9 Å². The van der Waals surface area contributed by atoms with Crippen molar-refractivity contribution < 1.29 is 14.3 Å².